The summed E-state index contributed by atoms with van der Waals surface area (Å²) < 4.78 is 2.13. The van der Waals surface area contributed by atoms with E-state index in [1.165, 1.54) is 0 Å². The van der Waals surface area contributed by atoms with Gasteiger partial charge in [-0.05, 0) is 42.8 Å². The van der Waals surface area contributed by atoms with Gasteiger partial charge in [-0.3, -0.25) is 0 Å². The monoisotopic (exact) mass is 251 g/mol. The van der Waals surface area contributed by atoms with E-state index in [1.807, 2.05) is 30.5 Å². The highest BCUT2D eigenvalue weighted by Crippen LogP contribution is 2.27. The Labute approximate surface area is 110 Å². The predicted octanol–water partition coefficient (Wildman–Crippen LogP) is 3.61. The van der Waals surface area contributed by atoms with E-state index in [2.05, 4.69) is 23.5 Å². The first-order valence-electron chi connectivity index (χ1n) is 6.07. The number of pyridine rings is 1. The van der Waals surface area contributed by atoms with Gasteiger partial charge in [0.05, 0.1) is 5.56 Å². The Hall–Kier alpha value is -2.55. The molecule has 0 radical (unpaired) electrons. The summed E-state index contributed by atoms with van der Waals surface area (Å²) in [6, 6.07) is 15.2. The zero-order chi connectivity index (χ0) is 13.4. The molecule has 0 amide bonds. The van der Waals surface area contributed by atoms with Crippen LogP contribution in [0.2, 0.25) is 0 Å². The molecule has 3 heteroatoms. The summed E-state index contributed by atoms with van der Waals surface area (Å²) >= 11 is 0. The molecule has 94 valence electrons. The van der Waals surface area contributed by atoms with Gasteiger partial charge in [0, 0.05) is 23.0 Å². The van der Waals surface area contributed by atoms with Gasteiger partial charge in [0.2, 0.25) is 0 Å². The van der Waals surface area contributed by atoms with Gasteiger partial charge < -0.3 is 9.51 Å². The highest BCUT2D eigenvalue weighted by molar-refractivity contribution is 5.88. The van der Waals surface area contributed by atoms with Crippen molar-refractivity contribution in [2.75, 3.05) is 0 Å². The SMILES string of the molecule is Cc1c(-c2ccc(C(=O)O)cc2)cc2ccccn12. The number of benzene rings is 1. The summed E-state index contributed by atoms with van der Waals surface area (Å²) in [4.78, 5) is 10.9. The van der Waals surface area contributed by atoms with Gasteiger partial charge >= 0.3 is 5.97 Å². The number of nitrogens with zero attached hydrogens (tertiary/aromatic N) is 1. The Morgan fingerprint density at radius 2 is 1.84 bits per heavy atom. The first-order chi connectivity index (χ1) is 9.16. The van der Waals surface area contributed by atoms with Crippen molar-refractivity contribution < 1.29 is 9.90 Å². The van der Waals surface area contributed by atoms with Crippen LogP contribution in [-0.2, 0) is 0 Å². The summed E-state index contributed by atoms with van der Waals surface area (Å²) in [5.74, 6) is -0.898. The normalized spacial score (nSPS) is 10.8. The summed E-state index contributed by atoms with van der Waals surface area (Å²) in [6.07, 6.45) is 2.03. The smallest absolute Gasteiger partial charge is 0.335 e. The summed E-state index contributed by atoms with van der Waals surface area (Å²) in [6.45, 7) is 2.06. The van der Waals surface area contributed by atoms with Crippen LogP contribution in [0, 0.1) is 6.92 Å². The van der Waals surface area contributed by atoms with E-state index >= 15 is 0 Å². The van der Waals surface area contributed by atoms with E-state index in [9.17, 15) is 4.79 Å². The number of fused-ring (bicyclic) bond motifs is 1. The van der Waals surface area contributed by atoms with Crippen molar-refractivity contribution in [3.63, 3.8) is 0 Å². The molecule has 0 bridgehead atoms. The first kappa shape index (κ1) is 11.5. The number of aromatic nitrogens is 1. The number of aromatic carboxylic acids is 1. The minimum absolute atomic E-state index is 0.310. The molecule has 3 rings (SSSR count). The summed E-state index contributed by atoms with van der Waals surface area (Å²) in [5.41, 5.74) is 4.76. The van der Waals surface area contributed by atoms with Gasteiger partial charge in [-0.2, -0.15) is 0 Å². The van der Waals surface area contributed by atoms with Crippen molar-refractivity contribution in [2.24, 2.45) is 0 Å². The molecule has 3 aromatic rings. The molecule has 0 aliphatic carbocycles. The molecule has 1 aromatic carbocycles. The molecular formula is C16H13NO2. The summed E-state index contributed by atoms with van der Waals surface area (Å²) in [5, 5.41) is 8.91. The Bertz CT molecular complexity index is 754. The number of carboxylic acids is 1. The third-order valence-corrected chi connectivity index (χ3v) is 3.38. The third kappa shape index (κ3) is 1.89. The Balaban J connectivity index is 2.13. The van der Waals surface area contributed by atoms with Crippen LogP contribution in [0.5, 0.6) is 0 Å². The van der Waals surface area contributed by atoms with Crippen molar-refractivity contribution in [3.8, 4) is 11.1 Å². The Kier molecular flexibility index (Phi) is 2.60. The molecule has 3 nitrogen and oxygen atoms in total. The third-order valence-electron chi connectivity index (χ3n) is 3.38. The molecule has 0 aliphatic heterocycles. The van der Waals surface area contributed by atoms with Crippen LogP contribution in [-0.4, -0.2) is 15.5 Å². The van der Waals surface area contributed by atoms with Gasteiger partial charge in [-0.25, -0.2) is 4.79 Å². The lowest BCUT2D eigenvalue weighted by atomic mass is 10.0. The lowest BCUT2D eigenvalue weighted by Gasteiger charge is -2.02. The number of hydrogen-bond donors (Lipinski definition) is 1. The van der Waals surface area contributed by atoms with Gasteiger partial charge in [0.25, 0.3) is 0 Å². The van der Waals surface area contributed by atoms with Crippen LogP contribution >= 0.6 is 0 Å². The molecular weight excluding hydrogens is 238 g/mol. The van der Waals surface area contributed by atoms with E-state index < -0.39 is 5.97 Å². The number of rotatable bonds is 2. The van der Waals surface area contributed by atoms with Crippen molar-refractivity contribution in [1.82, 2.24) is 4.40 Å². The number of aryl methyl sites for hydroxylation is 1. The molecule has 1 N–H and O–H groups in total. The molecule has 2 heterocycles. The van der Waals surface area contributed by atoms with Crippen LogP contribution in [0.3, 0.4) is 0 Å². The fraction of sp³-hybridized carbons (Fsp3) is 0.0625. The molecule has 0 fully saturated rings. The zero-order valence-corrected chi connectivity index (χ0v) is 10.5. The maximum absolute atomic E-state index is 10.9. The standard InChI is InChI=1S/C16H13NO2/c1-11-15(10-14-4-2-3-9-17(11)14)12-5-7-13(8-6-12)16(18)19/h2-10H,1H3,(H,18,19). The number of carbonyl (C=O) groups is 1. The quantitative estimate of drug-likeness (QED) is 0.756. The molecule has 0 saturated carbocycles. The predicted molar refractivity (Wildman–Crippen MR) is 74.5 cm³/mol. The molecule has 0 spiro atoms. The lowest BCUT2D eigenvalue weighted by Crippen LogP contribution is -1.95. The van der Waals surface area contributed by atoms with Crippen molar-refractivity contribution >= 4 is 11.5 Å². The second-order valence-corrected chi connectivity index (χ2v) is 4.52. The average molecular weight is 251 g/mol. The molecule has 2 aromatic heterocycles. The molecule has 0 saturated heterocycles. The first-order valence-corrected chi connectivity index (χ1v) is 6.07. The van der Waals surface area contributed by atoms with Crippen LogP contribution < -0.4 is 0 Å². The molecule has 19 heavy (non-hydrogen) atoms. The zero-order valence-electron chi connectivity index (χ0n) is 10.5. The second-order valence-electron chi connectivity index (χ2n) is 4.52. The van der Waals surface area contributed by atoms with Gasteiger partial charge in [0.1, 0.15) is 0 Å². The minimum Gasteiger partial charge on any atom is -0.478 e. The largest absolute Gasteiger partial charge is 0.478 e. The van der Waals surface area contributed by atoms with E-state index in [0.29, 0.717) is 5.56 Å². The topological polar surface area (TPSA) is 41.7 Å². The maximum Gasteiger partial charge on any atom is 0.335 e. The van der Waals surface area contributed by atoms with E-state index in [4.69, 9.17) is 5.11 Å². The second kappa shape index (κ2) is 4.28. The maximum atomic E-state index is 10.9. The van der Waals surface area contributed by atoms with Gasteiger partial charge in [-0.1, -0.05) is 18.2 Å². The van der Waals surface area contributed by atoms with Crippen LogP contribution in [0.4, 0.5) is 0 Å². The van der Waals surface area contributed by atoms with Crippen molar-refractivity contribution in [2.45, 2.75) is 6.92 Å². The van der Waals surface area contributed by atoms with Crippen LogP contribution in [0.1, 0.15) is 16.1 Å². The average Bonchev–Trinajstić information content (AvgIpc) is 2.77. The van der Waals surface area contributed by atoms with Gasteiger partial charge in [-0.15, -0.1) is 0 Å². The van der Waals surface area contributed by atoms with Crippen LogP contribution in [0.15, 0.2) is 54.7 Å². The van der Waals surface area contributed by atoms with E-state index in [1.54, 1.807) is 12.1 Å². The lowest BCUT2D eigenvalue weighted by molar-refractivity contribution is 0.0697. The van der Waals surface area contributed by atoms with E-state index in [0.717, 1.165) is 22.3 Å². The number of hydrogen-bond acceptors (Lipinski definition) is 1. The highest BCUT2D eigenvalue weighted by Gasteiger charge is 2.09. The minimum atomic E-state index is -0.898. The highest BCUT2D eigenvalue weighted by atomic mass is 16.4. The number of carboxylic acid groups (broad SMARTS) is 1. The summed E-state index contributed by atoms with van der Waals surface area (Å²) in [7, 11) is 0. The fourth-order valence-corrected chi connectivity index (χ4v) is 2.35. The van der Waals surface area contributed by atoms with Crippen molar-refractivity contribution in [1.29, 1.82) is 0 Å². The Morgan fingerprint density at radius 3 is 2.47 bits per heavy atom. The Morgan fingerprint density at radius 1 is 1.11 bits per heavy atom. The van der Waals surface area contributed by atoms with Crippen LogP contribution in [0.25, 0.3) is 16.6 Å². The molecule has 0 unspecified atom stereocenters. The van der Waals surface area contributed by atoms with E-state index in [-0.39, 0.29) is 0 Å². The van der Waals surface area contributed by atoms with Crippen molar-refractivity contribution in [3.05, 3.63) is 66.0 Å². The molecule has 0 atom stereocenters. The molecule has 0 aliphatic rings. The fourth-order valence-electron chi connectivity index (χ4n) is 2.35. The van der Waals surface area contributed by atoms with Gasteiger partial charge in [0.15, 0.2) is 0 Å².